The zero-order valence-corrected chi connectivity index (χ0v) is 13.8. The lowest BCUT2D eigenvalue weighted by atomic mass is 10.1. The highest BCUT2D eigenvalue weighted by molar-refractivity contribution is 7.80. The van der Waals surface area contributed by atoms with Gasteiger partial charge in [-0.2, -0.15) is 5.10 Å². The summed E-state index contributed by atoms with van der Waals surface area (Å²) in [5, 5.41) is 11.6. The summed E-state index contributed by atoms with van der Waals surface area (Å²) in [4.78, 5) is 0. The average molecular weight is 302 g/mol. The third kappa shape index (κ3) is 3.42. The monoisotopic (exact) mass is 302 g/mol. The highest BCUT2D eigenvalue weighted by Crippen LogP contribution is 2.21. The van der Waals surface area contributed by atoms with E-state index in [4.69, 9.17) is 12.2 Å². The third-order valence-corrected chi connectivity index (χ3v) is 3.77. The van der Waals surface area contributed by atoms with Crippen molar-refractivity contribution in [1.82, 2.24) is 9.78 Å². The molecule has 112 valence electrons. The molecule has 0 atom stereocenters. The lowest BCUT2D eigenvalue weighted by Gasteiger charge is -2.13. The van der Waals surface area contributed by atoms with E-state index in [1.165, 1.54) is 5.56 Å². The van der Waals surface area contributed by atoms with Crippen LogP contribution in [-0.4, -0.2) is 14.9 Å². The number of nitrogens with one attached hydrogen (secondary N) is 2. The van der Waals surface area contributed by atoms with Crippen LogP contribution in [0.5, 0.6) is 0 Å². The molecule has 1 heterocycles. The van der Waals surface area contributed by atoms with Crippen LogP contribution >= 0.6 is 12.2 Å². The van der Waals surface area contributed by atoms with Crippen LogP contribution in [0.2, 0.25) is 0 Å². The lowest BCUT2D eigenvalue weighted by molar-refractivity contribution is 0.634. The van der Waals surface area contributed by atoms with E-state index >= 15 is 0 Å². The molecule has 0 spiro atoms. The Kier molecular flexibility index (Phi) is 4.96. The summed E-state index contributed by atoms with van der Waals surface area (Å²) >= 11 is 5.43. The lowest BCUT2D eigenvalue weighted by Crippen LogP contribution is -2.20. The van der Waals surface area contributed by atoms with Crippen molar-refractivity contribution in [3.05, 3.63) is 41.2 Å². The van der Waals surface area contributed by atoms with Gasteiger partial charge in [0.2, 0.25) is 0 Å². The van der Waals surface area contributed by atoms with E-state index in [0.29, 0.717) is 5.11 Å². The number of hydrogen-bond acceptors (Lipinski definition) is 2. The molecule has 0 fully saturated rings. The molecule has 0 radical (unpaired) electrons. The molecular formula is C16H22N4S. The molecule has 4 nitrogen and oxygen atoms in total. The van der Waals surface area contributed by atoms with E-state index < -0.39 is 0 Å². The molecular weight excluding hydrogens is 280 g/mol. The summed E-state index contributed by atoms with van der Waals surface area (Å²) in [7, 11) is 0. The SMILES string of the molecule is CCc1ccccc1NC(=S)Nc1c(C)nn(CC)c1C. The minimum atomic E-state index is 0.595. The van der Waals surface area contributed by atoms with E-state index in [2.05, 4.69) is 42.6 Å². The van der Waals surface area contributed by atoms with Crippen LogP contribution in [0.3, 0.4) is 0 Å². The van der Waals surface area contributed by atoms with Gasteiger partial charge in [-0.15, -0.1) is 0 Å². The van der Waals surface area contributed by atoms with Gasteiger partial charge in [0, 0.05) is 12.2 Å². The maximum atomic E-state index is 5.43. The summed E-state index contributed by atoms with van der Waals surface area (Å²) in [5.41, 5.74) is 5.35. The summed E-state index contributed by atoms with van der Waals surface area (Å²) in [6.07, 6.45) is 0.970. The van der Waals surface area contributed by atoms with Crippen LogP contribution in [0, 0.1) is 13.8 Å². The van der Waals surface area contributed by atoms with Crippen LogP contribution in [-0.2, 0) is 13.0 Å². The van der Waals surface area contributed by atoms with Gasteiger partial charge in [-0.05, 0) is 51.0 Å². The molecule has 0 amide bonds. The Morgan fingerprint density at radius 1 is 1.19 bits per heavy atom. The summed E-state index contributed by atoms with van der Waals surface area (Å²) in [6.45, 7) is 9.11. The van der Waals surface area contributed by atoms with Crippen LogP contribution in [0.1, 0.15) is 30.8 Å². The fourth-order valence-corrected chi connectivity index (χ4v) is 2.62. The Morgan fingerprint density at radius 3 is 2.52 bits per heavy atom. The molecule has 2 aromatic rings. The topological polar surface area (TPSA) is 41.9 Å². The zero-order valence-electron chi connectivity index (χ0n) is 13.0. The fraction of sp³-hybridized carbons (Fsp3) is 0.375. The molecule has 5 heteroatoms. The van der Waals surface area contributed by atoms with Crippen molar-refractivity contribution in [2.24, 2.45) is 0 Å². The Labute approximate surface area is 131 Å². The smallest absolute Gasteiger partial charge is 0.175 e. The summed E-state index contributed by atoms with van der Waals surface area (Å²) in [5.74, 6) is 0. The van der Waals surface area contributed by atoms with Crippen molar-refractivity contribution in [2.75, 3.05) is 10.6 Å². The van der Waals surface area contributed by atoms with Gasteiger partial charge in [0.15, 0.2) is 5.11 Å². The molecule has 2 N–H and O–H groups in total. The molecule has 2 rings (SSSR count). The third-order valence-electron chi connectivity index (χ3n) is 3.57. The van der Waals surface area contributed by atoms with Gasteiger partial charge in [-0.3, -0.25) is 4.68 Å². The van der Waals surface area contributed by atoms with Gasteiger partial charge >= 0.3 is 0 Å². The van der Waals surface area contributed by atoms with E-state index in [9.17, 15) is 0 Å². The molecule has 0 unspecified atom stereocenters. The summed E-state index contributed by atoms with van der Waals surface area (Å²) < 4.78 is 1.97. The molecule has 0 aliphatic carbocycles. The van der Waals surface area contributed by atoms with Crippen molar-refractivity contribution < 1.29 is 0 Å². The number of hydrogen-bond donors (Lipinski definition) is 2. The van der Waals surface area contributed by atoms with Crippen LogP contribution < -0.4 is 10.6 Å². The molecule has 0 saturated heterocycles. The van der Waals surface area contributed by atoms with E-state index in [1.54, 1.807) is 0 Å². The Morgan fingerprint density at radius 2 is 1.90 bits per heavy atom. The van der Waals surface area contributed by atoms with Crippen molar-refractivity contribution in [1.29, 1.82) is 0 Å². The highest BCUT2D eigenvalue weighted by Gasteiger charge is 2.12. The Balaban J connectivity index is 2.14. The second kappa shape index (κ2) is 6.72. The zero-order chi connectivity index (χ0) is 15.4. The van der Waals surface area contributed by atoms with Crippen LogP contribution in [0.15, 0.2) is 24.3 Å². The number of aryl methyl sites for hydroxylation is 3. The first-order valence-electron chi connectivity index (χ1n) is 7.26. The van der Waals surface area contributed by atoms with Gasteiger partial charge < -0.3 is 10.6 Å². The Hall–Kier alpha value is -1.88. The number of nitrogens with zero attached hydrogens (tertiary/aromatic N) is 2. The fourth-order valence-electron chi connectivity index (χ4n) is 2.40. The molecule has 0 saturated carbocycles. The van der Waals surface area contributed by atoms with Crippen molar-refractivity contribution in [2.45, 2.75) is 40.7 Å². The average Bonchev–Trinajstić information content (AvgIpc) is 2.75. The largest absolute Gasteiger partial charge is 0.332 e. The highest BCUT2D eigenvalue weighted by atomic mass is 32.1. The molecule has 21 heavy (non-hydrogen) atoms. The predicted molar refractivity (Wildman–Crippen MR) is 93.0 cm³/mol. The maximum absolute atomic E-state index is 5.43. The van der Waals surface area contributed by atoms with E-state index in [-0.39, 0.29) is 0 Å². The number of rotatable bonds is 4. The number of aromatic nitrogens is 2. The number of para-hydroxylation sites is 1. The first-order chi connectivity index (χ1) is 10.1. The normalized spacial score (nSPS) is 10.5. The van der Waals surface area contributed by atoms with Gasteiger partial charge in [-0.1, -0.05) is 25.1 Å². The van der Waals surface area contributed by atoms with Crippen molar-refractivity contribution in [3.8, 4) is 0 Å². The number of anilines is 2. The minimum absolute atomic E-state index is 0.595. The standard InChI is InChI=1S/C16H22N4S/c1-5-13-9-7-8-10-14(13)17-16(21)18-15-11(3)19-20(6-2)12(15)4/h7-10H,5-6H2,1-4H3,(H2,17,18,21). The quantitative estimate of drug-likeness (QED) is 0.841. The molecule has 1 aromatic heterocycles. The molecule has 0 aliphatic heterocycles. The first kappa shape index (κ1) is 15.5. The van der Waals surface area contributed by atoms with E-state index in [0.717, 1.165) is 35.7 Å². The molecule has 0 aliphatic rings. The van der Waals surface area contributed by atoms with Gasteiger partial charge in [0.1, 0.15) is 0 Å². The Bertz CT molecular complexity index is 646. The van der Waals surface area contributed by atoms with Crippen LogP contribution in [0.4, 0.5) is 11.4 Å². The van der Waals surface area contributed by atoms with Gasteiger partial charge in [-0.25, -0.2) is 0 Å². The van der Waals surface area contributed by atoms with Gasteiger partial charge in [0.05, 0.1) is 17.1 Å². The van der Waals surface area contributed by atoms with Gasteiger partial charge in [0.25, 0.3) is 0 Å². The summed E-state index contributed by atoms with van der Waals surface area (Å²) in [6, 6.07) is 8.20. The number of benzene rings is 1. The number of thiocarbonyl (C=S) groups is 1. The second-order valence-electron chi connectivity index (χ2n) is 4.95. The molecule has 0 bridgehead atoms. The maximum Gasteiger partial charge on any atom is 0.175 e. The molecule has 1 aromatic carbocycles. The minimum Gasteiger partial charge on any atom is -0.332 e. The first-order valence-corrected chi connectivity index (χ1v) is 7.67. The van der Waals surface area contributed by atoms with E-state index in [1.807, 2.05) is 29.8 Å². The van der Waals surface area contributed by atoms with Crippen LogP contribution in [0.25, 0.3) is 0 Å². The van der Waals surface area contributed by atoms with Crippen molar-refractivity contribution in [3.63, 3.8) is 0 Å². The van der Waals surface area contributed by atoms with Crippen molar-refractivity contribution >= 4 is 28.7 Å². The predicted octanol–water partition coefficient (Wildman–Crippen LogP) is 3.89. The second-order valence-corrected chi connectivity index (χ2v) is 5.36.